The summed E-state index contributed by atoms with van der Waals surface area (Å²) in [5.74, 6) is -1.83. The normalized spacial score (nSPS) is 18.7. The maximum atomic E-state index is 12.9. The maximum absolute atomic E-state index is 12.9. The molecule has 28 heavy (non-hydrogen) atoms. The highest BCUT2D eigenvalue weighted by molar-refractivity contribution is 8.14. The predicted molar refractivity (Wildman–Crippen MR) is 107 cm³/mol. The summed E-state index contributed by atoms with van der Waals surface area (Å²) in [4.78, 5) is 49.6. The first-order chi connectivity index (χ1) is 13.4. The molecule has 0 spiro atoms. The molecule has 0 aromatic heterocycles. The van der Waals surface area contributed by atoms with Crippen LogP contribution in [0.2, 0.25) is 0 Å². The van der Waals surface area contributed by atoms with Crippen LogP contribution in [-0.2, 0) is 25.6 Å². The lowest BCUT2D eigenvalue weighted by atomic mass is 10.0. The largest absolute Gasteiger partial charge is 0.480 e. The number of hydrogen-bond acceptors (Lipinski definition) is 5. The van der Waals surface area contributed by atoms with E-state index in [-0.39, 0.29) is 23.5 Å². The number of aliphatic carboxylic acids is 1. The molecule has 2 rings (SSSR count). The predicted octanol–water partition coefficient (Wildman–Crippen LogP) is 1.85. The Labute approximate surface area is 168 Å². The molecule has 0 aliphatic carbocycles. The maximum Gasteiger partial charge on any atom is 0.323 e. The molecule has 1 aromatic carbocycles. The van der Waals surface area contributed by atoms with Gasteiger partial charge in [-0.2, -0.15) is 0 Å². The van der Waals surface area contributed by atoms with Gasteiger partial charge in [-0.05, 0) is 24.8 Å². The zero-order valence-electron chi connectivity index (χ0n) is 15.9. The number of hydrogen-bond donors (Lipinski definition) is 2. The number of rotatable bonds is 7. The average Bonchev–Trinajstić information content (AvgIpc) is 2.63. The lowest BCUT2D eigenvalue weighted by molar-refractivity contribution is -0.146. The van der Waals surface area contributed by atoms with Crippen LogP contribution in [0.25, 0.3) is 0 Å². The zero-order valence-corrected chi connectivity index (χ0v) is 16.7. The third-order valence-electron chi connectivity index (χ3n) is 4.54. The van der Waals surface area contributed by atoms with Crippen molar-refractivity contribution in [3.8, 4) is 0 Å². The van der Waals surface area contributed by atoms with Crippen LogP contribution in [0, 0.1) is 0 Å². The molecule has 1 heterocycles. The van der Waals surface area contributed by atoms with Gasteiger partial charge in [-0.1, -0.05) is 54.9 Å². The molecule has 8 heteroatoms. The molecule has 152 valence electrons. The van der Waals surface area contributed by atoms with Crippen molar-refractivity contribution in [3.05, 3.63) is 35.9 Å². The molecule has 1 aliphatic rings. The summed E-state index contributed by atoms with van der Waals surface area (Å²) in [7, 11) is 0. The standard InChI is InChI=1S/C20H26N2O5S/c1-14(23)28-17(12-15-8-4-2-5-9-15)19(26)21-16-10-6-3-7-11-22(20(16)27)13-18(24)25/h2,4-5,8-9,16-17H,3,6-7,10-13H2,1H3,(H,21,26)(H,24,25)/t16-,17+/m0/s1. The van der Waals surface area contributed by atoms with Crippen LogP contribution < -0.4 is 5.32 Å². The highest BCUT2D eigenvalue weighted by Crippen LogP contribution is 2.19. The van der Waals surface area contributed by atoms with E-state index < -0.39 is 17.3 Å². The van der Waals surface area contributed by atoms with Crippen LogP contribution in [0.1, 0.15) is 38.2 Å². The molecule has 1 aromatic rings. The molecule has 2 atom stereocenters. The molecular weight excluding hydrogens is 380 g/mol. The van der Waals surface area contributed by atoms with Crippen LogP contribution in [0.5, 0.6) is 0 Å². The number of carbonyl (C=O) groups is 4. The Morgan fingerprint density at radius 2 is 1.93 bits per heavy atom. The fourth-order valence-corrected chi connectivity index (χ4v) is 4.07. The van der Waals surface area contributed by atoms with Crippen molar-refractivity contribution in [2.45, 2.75) is 50.3 Å². The molecule has 0 saturated carbocycles. The fourth-order valence-electron chi connectivity index (χ4n) is 3.22. The quantitative estimate of drug-likeness (QED) is 0.716. The van der Waals surface area contributed by atoms with Gasteiger partial charge in [0.1, 0.15) is 12.6 Å². The number of thioether (sulfide) groups is 1. The van der Waals surface area contributed by atoms with Gasteiger partial charge < -0.3 is 15.3 Å². The summed E-state index contributed by atoms with van der Waals surface area (Å²) >= 11 is 0.943. The van der Waals surface area contributed by atoms with E-state index in [1.54, 1.807) is 0 Å². The van der Waals surface area contributed by atoms with Crippen molar-refractivity contribution in [2.24, 2.45) is 0 Å². The SMILES string of the molecule is CC(=O)S[C@H](Cc1ccccc1)C(=O)N[C@H]1CCCCCN(CC(=O)O)C1=O. The Balaban J connectivity index is 2.10. The first kappa shape index (κ1) is 21.9. The van der Waals surface area contributed by atoms with Gasteiger partial charge in [0, 0.05) is 13.5 Å². The smallest absolute Gasteiger partial charge is 0.323 e. The number of likely N-dealkylation sites (tertiary alicyclic amines) is 1. The molecule has 2 amide bonds. The van der Waals surface area contributed by atoms with Crippen LogP contribution in [0.3, 0.4) is 0 Å². The van der Waals surface area contributed by atoms with Crippen molar-refractivity contribution in [1.29, 1.82) is 0 Å². The van der Waals surface area contributed by atoms with Crippen molar-refractivity contribution in [2.75, 3.05) is 13.1 Å². The van der Waals surface area contributed by atoms with Crippen molar-refractivity contribution in [1.82, 2.24) is 10.2 Å². The van der Waals surface area contributed by atoms with E-state index >= 15 is 0 Å². The molecule has 0 unspecified atom stereocenters. The summed E-state index contributed by atoms with van der Waals surface area (Å²) in [5.41, 5.74) is 0.924. The van der Waals surface area contributed by atoms with E-state index in [4.69, 9.17) is 5.11 Å². The number of nitrogens with zero attached hydrogens (tertiary/aromatic N) is 1. The lowest BCUT2D eigenvalue weighted by Gasteiger charge is -2.29. The molecular formula is C20H26N2O5S. The highest BCUT2D eigenvalue weighted by atomic mass is 32.2. The minimum atomic E-state index is -1.08. The summed E-state index contributed by atoms with van der Waals surface area (Å²) in [6.07, 6.45) is 3.23. The Morgan fingerprint density at radius 1 is 1.21 bits per heavy atom. The number of carboxylic acids is 1. The Kier molecular flexibility index (Phi) is 8.50. The second-order valence-electron chi connectivity index (χ2n) is 6.85. The monoisotopic (exact) mass is 406 g/mol. The fraction of sp³-hybridized carbons (Fsp3) is 0.500. The van der Waals surface area contributed by atoms with E-state index in [9.17, 15) is 19.2 Å². The van der Waals surface area contributed by atoms with Crippen LogP contribution in [0.4, 0.5) is 0 Å². The summed E-state index contributed by atoms with van der Waals surface area (Å²) in [6, 6.07) is 8.61. The molecule has 1 saturated heterocycles. The van der Waals surface area contributed by atoms with Crippen molar-refractivity contribution in [3.63, 3.8) is 0 Å². The number of carbonyl (C=O) groups excluding carboxylic acids is 3. The van der Waals surface area contributed by atoms with Crippen molar-refractivity contribution >= 4 is 34.7 Å². The summed E-state index contributed by atoms with van der Waals surface area (Å²) < 4.78 is 0. The first-order valence-corrected chi connectivity index (χ1v) is 10.3. The second kappa shape index (κ2) is 10.8. The molecule has 1 fully saturated rings. The van der Waals surface area contributed by atoms with Crippen LogP contribution >= 0.6 is 11.8 Å². The van der Waals surface area contributed by atoms with E-state index in [1.165, 1.54) is 11.8 Å². The molecule has 2 N–H and O–H groups in total. The van der Waals surface area contributed by atoms with Gasteiger partial charge in [0.25, 0.3) is 0 Å². The Hall–Kier alpha value is -2.35. The Morgan fingerprint density at radius 3 is 2.57 bits per heavy atom. The van der Waals surface area contributed by atoms with Crippen molar-refractivity contribution < 1.29 is 24.3 Å². The lowest BCUT2D eigenvalue weighted by Crippen LogP contribution is -2.52. The van der Waals surface area contributed by atoms with Gasteiger partial charge >= 0.3 is 5.97 Å². The highest BCUT2D eigenvalue weighted by Gasteiger charge is 2.31. The average molecular weight is 407 g/mol. The Bertz CT molecular complexity index is 710. The van der Waals surface area contributed by atoms with E-state index in [2.05, 4.69) is 5.32 Å². The third kappa shape index (κ3) is 6.99. The minimum absolute atomic E-state index is 0.174. The summed E-state index contributed by atoms with van der Waals surface area (Å²) in [5, 5.41) is 11.0. The first-order valence-electron chi connectivity index (χ1n) is 9.39. The zero-order chi connectivity index (χ0) is 20.5. The van der Waals surface area contributed by atoms with E-state index in [0.29, 0.717) is 19.4 Å². The third-order valence-corrected chi connectivity index (χ3v) is 5.53. The van der Waals surface area contributed by atoms with Gasteiger partial charge in [0.15, 0.2) is 5.12 Å². The van der Waals surface area contributed by atoms with Gasteiger partial charge in [0.2, 0.25) is 11.8 Å². The molecule has 0 bridgehead atoms. The number of carboxylic acid groups (broad SMARTS) is 1. The van der Waals surface area contributed by atoms with Gasteiger partial charge in [-0.25, -0.2) is 0 Å². The molecule has 7 nitrogen and oxygen atoms in total. The number of amides is 2. The number of nitrogens with one attached hydrogen (secondary N) is 1. The van der Waals surface area contributed by atoms with Crippen LogP contribution in [0.15, 0.2) is 30.3 Å². The molecule has 1 aliphatic heterocycles. The van der Waals surface area contributed by atoms with Crippen LogP contribution in [-0.4, -0.2) is 57.3 Å². The minimum Gasteiger partial charge on any atom is -0.480 e. The number of benzene rings is 1. The van der Waals surface area contributed by atoms with Gasteiger partial charge in [-0.3, -0.25) is 19.2 Å². The van der Waals surface area contributed by atoms with E-state index in [0.717, 1.165) is 36.6 Å². The topological polar surface area (TPSA) is 104 Å². The second-order valence-corrected chi connectivity index (χ2v) is 8.23. The van der Waals surface area contributed by atoms with Gasteiger partial charge in [-0.15, -0.1) is 0 Å². The summed E-state index contributed by atoms with van der Waals surface area (Å²) in [6.45, 7) is 1.40. The van der Waals surface area contributed by atoms with Gasteiger partial charge in [0.05, 0.1) is 5.25 Å². The molecule has 0 radical (unpaired) electrons. The van der Waals surface area contributed by atoms with E-state index in [1.807, 2.05) is 30.3 Å².